The Kier molecular flexibility index (Phi) is 4.81. The van der Waals surface area contributed by atoms with Crippen LogP contribution in [0.15, 0.2) is 59.8 Å². The van der Waals surface area contributed by atoms with Crippen LogP contribution in [-0.2, 0) is 10.1 Å². The van der Waals surface area contributed by atoms with Crippen LogP contribution in [0.3, 0.4) is 0 Å². The Labute approximate surface area is 101 Å². The van der Waals surface area contributed by atoms with Crippen molar-refractivity contribution in [2.24, 2.45) is 0 Å². The lowest BCUT2D eigenvalue weighted by Gasteiger charge is -1.91. The van der Waals surface area contributed by atoms with E-state index in [9.17, 15) is 8.42 Å². The Bertz CT molecular complexity index is 538. The minimum absolute atomic E-state index is 0.137. The van der Waals surface area contributed by atoms with E-state index in [4.69, 9.17) is 4.55 Å². The number of aromatic nitrogens is 1. The molecule has 0 fully saturated rings. The van der Waals surface area contributed by atoms with Crippen LogP contribution in [0.2, 0.25) is 0 Å². The Balaban J connectivity index is 0.000000181. The minimum Gasteiger partial charge on any atom is -0.282 e. The van der Waals surface area contributed by atoms with Gasteiger partial charge >= 0.3 is 0 Å². The van der Waals surface area contributed by atoms with Gasteiger partial charge in [0.25, 0.3) is 10.1 Å². The zero-order chi connectivity index (χ0) is 12.7. The maximum Gasteiger partial charge on any atom is 0.294 e. The summed E-state index contributed by atoms with van der Waals surface area (Å²) in [6.07, 6.45) is 2.59. The molecular weight excluding hydrogens is 238 g/mol. The van der Waals surface area contributed by atoms with Crippen molar-refractivity contribution < 1.29 is 13.0 Å². The number of hydrogen-bond donors (Lipinski definition) is 1. The molecule has 0 aliphatic heterocycles. The first-order valence-corrected chi connectivity index (χ1v) is 6.33. The maximum absolute atomic E-state index is 10.4. The summed E-state index contributed by atoms with van der Waals surface area (Å²) < 4.78 is 29.2. The second-order valence-electron chi connectivity index (χ2n) is 3.31. The number of pyridine rings is 1. The third-order valence-corrected chi connectivity index (χ3v) is 2.76. The molecule has 2 rings (SSSR count). The van der Waals surface area contributed by atoms with E-state index in [2.05, 4.69) is 24.0 Å². The van der Waals surface area contributed by atoms with Gasteiger partial charge in [-0.1, -0.05) is 35.9 Å². The summed E-state index contributed by atoms with van der Waals surface area (Å²) in [7, 11) is -4.04. The molecule has 0 saturated heterocycles. The summed E-state index contributed by atoms with van der Waals surface area (Å²) in [5.41, 5.74) is 1.32. The van der Waals surface area contributed by atoms with Gasteiger partial charge in [0.1, 0.15) is 0 Å². The first-order valence-electron chi connectivity index (χ1n) is 4.89. The Morgan fingerprint density at radius 3 is 1.82 bits per heavy atom. The standard InChI is InChI=1S/C7H8.C5H5NO3S/c1-7-5-3-2-4-6-7;7-10(8,9)5-1-3-6-4-2-5/h2-6H,1H3;1-4H,(H,7,8,9). The van der Waals surface area contributed by atoms with Crippen molar-refractivity contribution >= 4 is 10.1 Å². The van der Waals surface area contributed by atoms with Crippen molar-refractivity contribution in [3.05, 3.63) is 60.4 Å². The molecule has 2 aromatic rings. The maximum atomic E-state index is 10.4. The second kappa shape index (κ2) is 6.12. The molecule has 0 amide bonds. The number of benzene rings is 1. The zero-order valence-electron chi connectivity index (χ0n) is 9.32. The van der Waals surface area contributed by atoms with Gasteiger partial charge in [-0.25, -0.2) is 0 Å². The third-order valence-electron chi connectivity index (χ3n) is 1.89. The molecule has 1 N–H and O–H groups in total. The van der Waals surface area contributed by atoms with E-state index in [0.29, 0.717) is 0 Å². The van der Waals surface area contributed by atoms with Crippen molar-refractivity contribution in [3.8, 4) is 0 Å². The molecule has 4 nitrogen and oxygen atoms in total. The van der Waals surface area contributed by atoms with Gasteiger partial charge in [0.05, 0.1) is 4.90 Å². The van der Waals surface area contributed by atoms with Gasteiger partial charge in [-0.2, -0.15) is 8.42 Å². The van der Waals surface area contributed by atoms with Crippen LogP contribution < -0.4 is 0 Å². The van der Waals surface area contributed by atoms with Crippen LogP contribution in [0.5, 0.6) is 0 Å². The summed E-state index contributed by atoms with van der Waals surface area (Å²) in [4.78, 5) is 3.45. The zero-order valence-corrected chi connectivity index (χ0v) is 10.1. The van der Waals surface area contributed by atoms with Gasteiger partial charge in [0.15, 0.2) is 0 Å². The van der Waals surface area contributed by atoms with Gasteiger partial charge in [0.2, 0.25) is 0 Å². The highest BCUT2D eigenvalue weighted by molar-refractivity contribution is 7.85. The van der Waals surface area contributed by atoms with Crippen molar-refractivity contribution in [2.75, 3.05) is 0 Å². The van der Waals surface area contributed by atoms with Crippen molar-refractivity contribution in [3.63, 3.8) is 0 Å². The van der Waals surface area contributed by atoms with Gasteiger partial charge < -0.3 is 0 Å². The predicted octanol–water partition coefficient (Wildman–Crippen LogP) is 2.32. The Hall–Kier alpha value is -1.72. The molecule has 1 aromatic heterocycles. The monoisotopic (exact) mass is 251 g/mol. The van der Waals surface area contributed by atoms with E-state index in [0.717, 1.165) is 0 Å². The second-order valence-corrected chi connectivity index (χ2v) is 4.73. The van der Waals surface area contributed by atoms with Crippen LogP contribution in [-0.4, -0.2) is 18.0 Å². The van der Waals surface area contributed by atoms with Gasteiger partial charge in [-0.15, -0.1) is 0 Å². The van der Waals surface area contributed by atoms with Gasteiger partial charge in [0, 0.05) is 12.4 Å². The molecule has 0 bridgehead atoms. The van der Waals surface area contributed by atoms with Crippen LogP contribution >= 0.6 is 0 Å². The molecule has 0 aliphatic rings. The molecule has 0 atom stereocenters. The molecule has 5 heteroatoms. The SMILES string of the molecule is Cc1ccccc1.O=S(=O)(O)c1ccncc1. The fraction of sp³-hybridized carbons (Fsp3) is 0.0833. The average Bonchev–Trinajstić information content (AvgIpc) is 2.31. The van der Waals surface area contributed by atoms with E-state index in [1.165, 1.54) is 30.1 Å². The van der Waals surface area contributed by atoms with E-state index in [-0.39, 0.29) is 4.90 Å². The van der Waals surface area contributed by atoms with E-state index in [1.54, 1.807) is 0 Å². The first-order chi connectivity index (χ1) is 8.00. The number of hydrogen-bond acceptors (Lipinski definition) is 3. The molecule has 0 radical (unpaired) electrons. The highest BCUT2D eigenvalue weighted by atomic mass is 32.2. The van der Waals surface area contributed by atoms with E-state index in [1.807, 2.05) is 18.2 Å². The molecule has 17 heavy (non-hydrogen) atoms. The average molecular weight is 251 g/mol. The van der Waals surface area contributed by atoms with Crippen LogP contribution in [0, 0.1) is 6.92 Å². The number of rotatable bonds is 1. The fourth-order valence-electron chi connectivity index (χ4n) is 1.04. The molecule has 1 aromatic carbocycles. The smallest absolute Gasteiger partial charge is 0.282 e. The molecular formula is C12H13NO3S. The lowest BCUT2D eigenvalue weighted by Crippen LogP contribution is -1.96. The summed E-state index contributed by atoms with van der Waals surface area (Å²) >= 11 is 0. The highest BCUT2D eigenvalue weighted by Gasteiger charge is 2.06. The summed E-state index contributed by atoms with van der Waals surface area (Å²) in [6.45, 7) is 2.08. The highest BCUT2D eigenvalue weighted by Crippen LogP contribution is 2.03. The fourth-order valence-corrected chi connectivity index (χ4v) is 1.51. The quantitative estimate of drug-likeness (QED) is 0.790. The summed E-state index contributed by atoms with van der Waals surface area (Å²) in [5, 5.41) is 0. The van der Waals surface area contributed by atoms with Gasteiger partial charge in [-0.3, -0.25) is 9.54 Å². The topological polar surface area (TPSA) is 67.3 Å². The Morgan fingerprint density at radius 2 is 1.53 bits per heavy atom. The number of nitrogens with zero attached hydrogens (tertiary/aromatic N) is 1. The van der Waals surface area contributed by atoms with Crippen LogP contribution in [0.4, 0.5) is 0 Å². The van der Waals surface area contributed by atoms with E-state index < -0.39 is 10.1 Å². The van der Waals surface area contributed by atoms with Crippen molar-refractivity contribution in [2.45, 2.75) is 11.8 Å². The molecule has 90 valence electrons. The van der Waals surface area contributed by atoms with Crippen molar-refractivity contribution in [1.29, 1.82) is 0 Å². The molecule has 0 aliphatic carbocycles. The normalized spacial score (nSPS) is 10.2. The lowest BCUT2D eigenvalue weighted by atomic mass is 10.2. The lowest BCUT2D eigenvalue weighted by molar-refractivity contribution is 0.483. The molecule has 1 heterocycles. The summed E-state index contributed by atoms with van der Waals surface area (Å²) in [6, 6.07) is 12.7. The van der Waals surface area contributed by atoms with E-state index >= 15 is 0 Å². The summed E-state index contributed by atoms with van der Waals surface area (Å²) in [5.74, 6) is 0. The minimum atomic E-state index is -4.04. The molecule has 0 saturated carbocycles. The predicted molar refractivity (Wildman–Crippen MR) is 65.2 cm³/mol. The first kappa shape index (κ1) is 13.3. The molecule has 0 unspecified atom stereocenters. The number of aryl methyl sites for hydroxylation is 1. The van der Waals surface area contributed by atoms with Crippen LogP contribution in [0.1, 0.15) is 5.56 Å². The van der Waals surface area contributed by atoms with Crippen molar-refractivity contribution in [1.82, 2.24) is 4.98 Å². The largest absolute Gasteiger partial charge is 0.294 e. The molecule has 0 spiro atoms. The third kappa shape index (κ3) is 5.24. The Morgan fingerprint density at radius 1 is 1.00 bits per heavy atom. The van der Waals surface area contributed by atoms with Crippen LogP contribution in [0.25, 0.3) is 0 Å². The van der Waals surface area contributed by atoms with Gasteiger partial charge in [-0.05, 0) is 19.1 Å².